The van der Waals surface area contributed by atoms with Gasteiger partial charge in [-0.3, -0.25) is 20.2 Å². The Morgan fingerprint density at radius 2 is 1.42 bits per heavy atom. The average Bonchev–Trinajstić information content (AvgIpc) is 2.48. The zero-order valence-corrected chi connectivity index (χ0v) is 17.5. The van der Waals surface area contributed by atoms with Gasteiger partial charge in [-0.1, -0.05) is 55.7 Å². The Morgan fingerprint density at radius 1 is 0.846 bits per heavy atom. The second-order valence-corrected chi connectivity index (χ2v) is 9.37. The number of nitrogens with one attached hydrogen (secondary N) is 4. The van der Waals surface area contributed by atoms with Gasteiger partial charge in [-0.05, 0) is 11.8 Å². The van der Waals surface area contributed by atoms with E-state index in [1.807, 2.05) is 27.7 Å². The summed E-state index contributed by atoms with van der Waals surface area (Å²) in [7, 11) is 2.69. The van der Waals surface area contributed by atoms with Gasteiger partial charge in [-0.2, -0.15) is 0 Å². The van der Waals surface area contributed by atoms with Crippen molar-refractivity contribution in [3.63, 3.8) is 0 Å². The van der Waals surface area contributed by atoms with Crippen molar-refractivity contribution >= 4 is 45.5 Å². The highest BCUT2D eigenvalue weighted by Crippen LogP contribution is 2.19. The highest BCUT2D eigenvalue weighted by atomic mass is 33.1. The maximum Gasteiger partial charge on any atom is 0.321 e. The molecule has 0 atom stereocenters. The van der Waals surface area contributed by atoms with Crippen molar-refractivity contribution in [1.82, 2.24) is 21.3 Å². The van der Waals surface area contributed by atoms with Crippen LogP contribution in [0.5, 0.6) is 0 Å². The van der Waals surface area contributed by atoms with Gasteiger partial charge >= 0.3 is 12.1 Å². The molecular formula is C16H30N4O4S2. The van der Waals surface area contributed by atoms with Crippen LogP contribution in [0.2, 0.25) is 0 Å². The quantitative estimate of drug-likeness (QED) is 0.327. The minimum Gasteiger partial charge on any atom is -0.338 e. The Labute approximate surface area is 163 Å². The highest BCUT2D eigenvalue weighted by Gasteiger charge is 2.17. The smallest absolute Gasteiger partial charge is 0.321 e. The number of carbonyl (C=O) groups excluding carboxylic acids is 4. The second-order valence-electron chi connectivity index (χ2n) is 6.78. The average molecular weight is 407 g/mol. The van der Waals surface area contributed by atoms with Crippen molar-refractivity contribution in [3.8, 4) is 0 Å². The first-order valence-corrected chi connectivity index (χ1v) is 11.0. The Balaban J connectivity index is 3.65. The molecule has 10 heteroatoms. The van der Waals surface area contributed by atoms with Gasteiger partial charge in [0.25, 0.3) is 0 Å². The molecule has 0 unspecified atom stereocenters. The summed E-state index contributed by atoms with van der Waals surface area (Å²) in [6.07, 6.45) is 2.11. The van der Waals surface area contributed by atoms with Crippen LogP contribution in [0.4, 0.5) is 9.59 Å². The van der Waals surface area contributed by atoms with Crippen LogP contribution in [0.25, 0.3) is 0 Å². The number of hydrogen-bond acceptors (Lipinski definition) is 6. The molecule has 0 aliphatic rings. The van der Waals surface area contributed by atoms with Gasteiger partial charge in [-0.25, -0.2) is 9.59 Å². The van der Waals surface area contributed by atoms with Gasteiger partial charge in [0.15, 0.2) is 0 Å². The van der Waals surface area contributed by atoms with Crippen LogP contribution in [0, 0.1) is 5.41 Å². The Bertz CT molecular complexity index is 481. The van der Waals surface area contributed by atoms with Crippen molar-refractivity contribution < 1.29 is 19.2 Å². The van der Waals surface area contributed by atoms with Crippen LogP contribution < -0.4 is 21.3 Å². The van der Waals surface area contributed by atoms with Crippen molar-refractivity contribution in [2.24, 2.45) is 5.41 Å². The zero-order valence-electron chi connectivity index (χ0n) is 15.9. The maximum absolute atomic E-state index is 11.6. The molecule has 0 saturated heterocycles. The predicted molar refractivity (Wildman–Crippen MR) is 107 cm³/mol. The first kappa shape index (κ1) is 24.6. The Morgan fingerprint density at radius 3 is 2.00 bits per heavy atom. The van der Waals surface area contributed by atoms with Crippen LogP contribution in [-0.4, -0.2) is 48.5 Å². The second kappa shape index (κ2) is 13.7. The van der Waals surface area contributed by atoms with Crippen LogP contribution in [0.3, 0.4) is 0 Å². The molecule has 0 fully saturated rings. The number of unbranched alkanes of at least 4 members (excludes halogenated alkanes) is 1. The molecule has 0 spiro atoms. The fourth-order valence-electron chi connectivity index (χ4n) is 1.64. The molecule has 0 aromatic heterocycles. The Hall–Kier alpha value is -1.42. The van der Waals surface area contributed by atoms with E-state index in [1.165, 1.54) is 21.6 Å². The van der Waals surface area contributed by atoms with Gasteiger partial charge in [0.1, 0.15) is 0 Å². The van der Waals surface area contributed by atoms with E-state index in [0.717, 1.165) is 12.8 Å². The van der Waals surface area contributed by atoms with E-state index in [9.17, 15) is 19.2 Å². The molecular weight excluding hydrogens is 376 g/mol. The summed E-state index contributed by atoms with van der Waals surface area (Å²) in [6.45, 7) is 8.69. The third-order valence-electron chi connectivity index (χ3n) is 2.76. The summed E-state index contributed by atoms with van der Waals surface area (Å²) in [5.41, 5.74) is -0.176. The van der Waals surface area contributed by atoms with Crippen LogP contribution in [-0.2, 0) is 9.59 Å². The first-order chi connectivity index (χ1) is 12.1. The van der Waals surface area contributed by atoms with Crippen LogP contribution in [0.1, 0.15) is 47.0 Å². The molecule has 0 aromatic rings. The third-order valence-corrected chi connectivity index (χ3v) is 5.03. The molecule has 0 saturated carbocycles. The summed E-state index contributed by atoms with van der Waals surface area (Å²) in [5, 5.41) is 9.70. The molecule has 0 aliphatic carbocycles. The molecule has 0 aromatic carbocycles. The monoisotopic (exact) mass is 406 g/mol. The van der Waals surface area contributed by atoms with Gasteiger partial charge < -0.3 is 10.6 Å². The minimum atomic E-state index is -0.522. The number of carbonyl (C=O) groups is 4. The normalized spacial score (nSPS) is 10.8. The number of imide groups is 2. The van der Waals surface area contributed by atoms with Crippen LogP contribution >= 0.6 is 21.6 Å². The van der Waals surface area contributed by atoms with Gasteiger partial charge in [0, 0.05) is 25.3 Å². The molecule has 0 rings (SSSR count). The molecule has 4 N–H and O–H groups in total. The summed E-state index contributed by atoms with van der Waals surface area (Å²) >= 11 is 0. The fourth-order valence-corrected chi connectivity index (χ4v) is 3.38. The zero-order chi connectivity index (χ0) is 20.0. The Kier molecular flexibility index (Phi) is 13.0. The lowest BCUT2D eigenvalue weighted by atomic mass is 9.92. The number of rotatable bonds is 10. The van der Waals surface area contributed by atoms with E-state index in [1.54, 1.807) is 0 Å². The molecule has 26 heavy (non-hydrogen) atoms. The maximum atomic E-state index is 11.6. The highest BCUT2D eigenvalue weighted by molar-refractivity contribution is 8.76. The number of amides is 6. The van der Waals surface area contributed by atoms with E-state index in [0.29, 0.717) is 18.8 Å². The molecule has 0 aliphatic heterocycles. The van der Waals surface area contributed by atoms with Gasteiger partial charge in [0.05, 0.1) is 5.75 Å². The topological polar surface area (TPSA) is 116 Å². The standard InChI is InChI=1S/C16H30N4O4S2/c1-5-6-7-17-14(23)20-13(22)11-26-25-9-8-18-15(24)19-12(21)10-16(2,3)4/h5-11H2,1-4H3,(H2,17,20,22,23)(H2,18,19,21,24). The van der Waals surface area contributed by atoms with Crippen molar-refractivity contribution in [1.29, 1.82) is 0 Å². The van der Waals surface area contributed by atoms with Crippen molar-refractivity contribution in [2.75, 3.05) is 24.6 Å². The molecule has 0 bridgehead atoms. The summed E-state index contributed by atoms with van der Waals surface area (Å²) in [4.78, 5) is 46.0. The first-order valence-electron chi connectivity index (χ1n) is 8.54. The molecule has 6 amide bonds. The lowest BCUT2D eigenvalue weighted by molar-refractivity contribution is -0.121. The lowest BCUT2D eigenvalue weighted by Crippen LogP contribution is -2.41. The molecule has 0 radical (unpaired) electrons. The molecule has 0 heterocycles. The molecule has 8 nitrogen and oxygen atoms in total. The van der Waals surface area contributed by atoms with E-state index in [4.69, 9.17) is 0 Å². The third kappa shape index (κ3) is 16.1. The minimum absolute atomic E-state index is 0.141. The van der Waals surface area contributed by atoms with E-state index >= 15 is 0 Å². The van der Waals surface area contributed by atoms with Gasteiger partial charge in [-0.15, -0.1) is 0 Å². The van der Waals surface area contributed by atoms with E-state index in [2.05, 4.69) is 21.3 Å². The van der Waals surface area contributed by atoms with E-state index in [-0.39, 0.29) is 29.4 Å². The van der Waals surface area contributed by atoms with E-state index < -0.39 is 12.1 Å². The summed E-state index contributed by atoms with van der Waals surface area (Å²) < 4.78 is 0. The molecule has 150 valence electrons. The number of hydrogen-bond donors (Lipinski definition) is 4. The SMILES string of the molecule is CCCCNC(=O)NC(=O)CSSCCNC(=O)NC(=O)CC(C)(C)C. The predicted octanol–water partition coefficient (Wildman–Crippen LogP) is 2.26. The number of urea groups is 2. The summed E-state index contributed by atoms with van der Waals surface area (Å²) in [6, 6.07) is -1.00. The van der Waals surface area contributed by atoms with Gasteiger partial charge in [0.2, 0.25) is 11.8 Å². The van der Waals surface area contributed by atoms with Crippen molar-refractivity contribution in [3.05, 3.63) is 0 Å². The lowest BCUT2D eigenvalue weighted by Gasteiger charge is -2.16. The van der Waals surface area contributed by atoms with Crippen LogP contribution in [0.15, 0.2) is 0 Å². The van der Waals surface area contributed by atoms with Crippen molar-refractivity contribution in [2.45, 2.75) is 47.0 Å². The largest absolute Gasteiger partial charge is 0.338 e. The summed E-state index contributed by atoms with van der Waals surface area (Å²) in [5.74, 6) is 0.0322. The fraction of sp³-hybridized carbons (Fsp3) is 0.750.